The highest BCUT2D eigenvalue weighted by molar-refractivity contribution is 5.78. The van der Waals surface area contributed by atoms with Crippen molar-refractivity contribution in [3.63, 3.8) is 0 Å². The van der Waals surface area contributed by atoms with Crippen LogP contribution < -0.4 is 20.3 Å². The summed E-state index contributed by atoms with van der Waals surface area (Å²) in [7, 11) is 1.40. The van der Waals surface area contributed by atoms with Crippen LogP contribution in [0.4, 0.5) is 11.4 Å². The number of rotatable bonds is 5. The molecule has 0 bridgehead atoms. The summed E-state index contributed by atoms with van der Waals surface area (Å²) in [5.41, 5.74) is 0.644. The molecule has 23 heavy (non-hydrogen) atoms. The number of hydrogen-bond acceptors (Lipinski definition) is 8. The molecule has 2 aromatic rings. The van der Waals surface area contributed by atoms with Gasteiger partial charge in [-0.25, -0.2) is 0 Å². The van der Waals surface area contributed by atoms with Crippen molar-refractivity contribution in [2.75, 3.05) is 17.6 Å². The van der Waals surface area contributed by atoms with Gasteiger partial charge >= 0.3 is 0 Å². The van der Waals surface area contributed by atoms with E-state index in [1.165, 1.54) is 37.5 Å². The summed E-state index contributed by atoms with van der Waals surface area (Å²) in [6.45, 7) is 0. The molecular formula is C15H14N2O6-2. The lowest BCUT2D eigenvalue weighted by atomic mass is 10.1. The van der Waals surface area contributed by atoms with Gasteiger partial charge in [0, 0.05) is 5.56 Å². The zero-order valence-electron chi connectivity index (χ0n) is 12.1. The van der Waals surface area contributed by atoms with Crippen LogP contribution in [0.1, 0.15) is 11.1 Å². The van der Waals surface area contributed by atoms with E-state index < -0.39 is 5.23 Å². The van der Waals surface area contributed by atoms with Crippen molar-refractivity contribution >= 4 is 23.5 Å². The quantitative estimate of drug-likeness (QED) is 0.566. The second-order valence-corrected chi connectivity index (χ2v) is 4.55. The van der Waals surface area contributed by atoms with Crippen molar-refractivity contribution in [1.29, 1.82) is 0 Å². The molecule has 0 aliphatic rings. The minimum Gasteiger partial charge on any atom is -0.870 e. The van der Waals surface area contributed by atoms with Gasteiger partial charge in [0.05, 0.1) is 12.8 Å². The normalized spacial score (nSPS) is 10.8. The number of anilines is 2. The van der Waals surface area contributed by atoms with Crippen LogP contribution in [0.15, 0.2) is 36.4 Å². The third kappa shape index (κ3) is 3.90. The van der Waals surface area contributed by atoms with E-state index in [0.29, 0.717) is 11.1 Å². The van der Waals surface area contributed by atoms with Crippen LogP contribution in [0.2, 0.25) is 0 Å². The monoisotopic (exact) mass is 318 g/mol. The maximum Gasteiger partial charge on any atom is 0.111 e. The Kier molecular flexibility index (Phi) is 5.04. The second kappa shape index (κ2) is 6.99. The SMILES string of the molecule is COc1ccc(C=Cc2ccc(N([O-])O)cc2N(O)O)cc1[O-]. The molecule has 0 atom stereocenters. The van der Waals surface area contributed by atoms with Gasteiger partial charge in [-0.1, -0.05) is 36.1 Å². The molecular weight excluding hydrogens is 304 g/mol. The van der Waals surface area contributed by atoms with Crippen LogP contribution in [0.5, 0.6) is 11.5 Å². The Morgan fingerprint density at radius 3 is 2.35 bits per heavy atom. The minimum absolute atomic E-state index is 0.121. The maximum absolute atomic E-state index is 11.7. The molecule has 8 nitrogen and oxygen atoms in total. The van der Waals surface area contributed by atoms with Gasteiger partial charge in [0.1, 0.15) is 11.4 Å². The Morgan fingerprint density at radius 1 is 1.04 bits per heavy atom. The number of nitrogens with zero attached hydrogens (tertiary/aromatic N) is 2. The van der Waals surface area contributed by atoms with Crippen molar-refractivity contribution in [2.24, 2.45) is 0 Å². The van der Waals surface area contributed by atoms with Crippen LogP contribution in [0.25, 0.3) is 12.2 Å². The zero-order chi connectivity index (χ0) is 17.0. The van der Waals surface area contributed by atoms with Gasteiger partial charge in [-0.3, -0.25) is 15.6 Å². The van der Waals surface area contributed by atoms with Crippen molar-refractivity contribution in [2.45, 2.75) is 0 Å². The Labute approximate surface area is 131 Å². The summed E-state index contributed by atoms with van der Waals surface area (Å²) in [6, 6.07) is 8.34. The lowest BCUT2D eigenvalue weighted by Gasteiger charge is -2.23. The standard InChI is InChI=1S/C15H15N2O6/c1-23-15-7-3-10(8-14(15)18)2-4-11-5-6-12(16(19)20)9-13(11)17(21)22/h2-9,18-19,21-22H,1H3/q-1/p-1. The van der Waals surface area contributed by atoms with Gasteiger partial charge in [0.15, 0.2) is 0 Å². The highest BCUT2D eigenvalue weighted by atomic mass is 16.8. The fraction of sp³-hybridized carbons (Fsp3) is 0.0667. The minimum atomic E-state index is -0.395. The Morgan fingerprint density at radius 2 is 1.78 bits per heavy atom. The molecule has 8 heteroatoms. The first-order valence-electron chi connectivity index (χ1n) is 6.43. The van der Waals surface area contributed by atoms with Gasteiger partial charge in [0.25, 0.3) is 0 Å². The fourth-order valence-electron chi connectivity index (χ4n) is 1.95. The molecule has 0 spiro atoms. The largest absolute Gasteiger partial charge is 0.870 e. The molecule has 0 saturated heterocycles. The topological polar surface area (TPSA) is 123 Å². The predicted molar refractivity (Wildman–Crippen MR) is 81.5 cm³/mol. The summed E-state index contributed by atoms with van der Waals surface area (Å²) < 4.78 is 4.88. The molecule has 0 unspecified atom stereocenters. The van der Waals surface area contributed by atoms with E-state index in [-0.39, 0.29) is 28.1 Å². The molecule has 0 amide bonds. The van der Waals surface area contributed by atoms with Gasteiger partial charge < -0.3 is 20.3 Å². The molecule has 0 aromatic heterocycles. The van der Waals surface area contributed by atoms with E-state index in [2.05, 4.69) is 0 Å². The van der Waals surface area contributed by atoms with Crippen LogP contribution in [-0.4, -0.2) is 22.7 Å². The number of methoxy groups -OCH3 is 1. The van der Waals surface area contributed by atoms with Crippen molar-refractivity contribution in [3.05, 3.63) is 52.7 Å². The number of benzene rings is 2. The summed E-state index contributed by atoms with van der Waals surface area (Å²) in [6.07, 6.45) is 3.10. The molecule has 3 N–H and O–H groups in total. The fourth-order valence-corrected chi connectivity index (χ4v) is 1.95. The molecule has 2 rings (SSSR count). The molecule has 0 aliphatic heterocycles. The summed E-state index contributed by atoms with van der Waals surface area (Å²) in [4.78, 5) is 0. The lowest BCUT2D eigenvalue weighted by molar-refractivity contribution is -0.270. The number of ether oxygens (including phenoxy) is 1. The second-order valence-electron chi connectivity index (χ2n) is 4.55. The van der Waals surface area contributed by atoms with Gasteiger partial charge in [-0.2, -0.15) is 0 Å². The van der Waals surface area contributed by atoms with Crippen molar-refractivity contribution in [3.8, 4) is 11.5 Å². The van der Waals surface area contributed by atoms with Crippen LogP contribution in [0, 0.1) is 5.21 Å². The molecule has 0 fully saturated rings. The van der Waals surface area contributed by atoms with E-state index in [1.54, 1.807) is 12.1 Å². The molecule has 0 heterocycles. The van der Waals surface area contributed by atoms with Crippen LogP contribution in [0.3, 0.4) is 0 Å². The predicted octanol–water partition coefficient (Wildman–Crippen LogP) is 2.22. The average molecular weight is 318 g/mol. The first-order chi connectivity index (χ1) is 10.9. The van der Waals surface area contributed by atoms with Crippen molar-refractivity contribution < 1.29 is 25.5 Å². The summed E-state index contributed by atoms with van der Waals surface area (Å²) in [5.74, 6) is -0.0546. The average Bonchev–Trinajstić information content (AvgIpc) is 2.52. The molecule has 2 aromatic carbocycles. The molecule has 122 valence electrons. The van der Waals surface area contributed by atoms with E-state index >= 15 is 0 Å². The van der Waals surface area contributed by atoms with Crippen LogP contribution >= 0.6 is 0 Å². The highest BCUT2D eigenvalue weighted by Crippen LogP contribution is 2.28. The van der Waals surface area contributed by atoms with E-state index in [4.69, 9.17) is 9.94 Å². The maximum atomic E-state index is 11.7. The smallest absolute Gasteiger partial charge is 0.111 e. The summed E-state index contributed by atoms with van der Waals surface area (Å²) in [5, 5.41) is 49.2. The zero-order valence-corrected chi connectivity index (χ0v) is 12.1. The van der Waals surface area contributed by atoms with E-state index in [9.17, 15) is 20.7 Å². The summed E-state index contributed by atoms with van der Waals surface area (Å²) >= 11 is 0. The molecule has 0 aliphatic carbocycles. The lowest BCUT2D eigenvalue weighted by Crippen LogP contribution is -2.14. The Bertz CT molecular complexity index is 715. The highest BCUT2D eigenvalue weighted by Gasteiger charge is 2.07. The first kappa shape index (κ1) is 16.6. The Hall–Kier alpha value is -2.78. The van der Waals surface area contributed by atoms with Gasteiger partial charge in [-0.05, 0) is 23.8 Å². The number of hydrogen-bond donors (Lipinski definition) is 3. The molecule has 0 radical (unpaired) electrons. The van der Waals surface area contributed by atoms with E-state index in [1.807, 2.05) is 0 Å². The Balaban J connectivity index is 2.33. The molecule has 0 saturated carbocycles. The third-order valence-electron chi connectivity index (χ3n) is 3.09. The van der Waals surface area contributed by atoms with Gasteiger partial charge in [0.2, 0.25) is 0 Å². The first-order valence-corrected chi connectivity index (χ1v) is 6.43. The van der Waals surface area contributed by atoms with E-state index in [0.717, 1.165) is 6.07 Å². The van der Waals surface area contributed by atoms with Crippen molar-refractivity contribution in [1.82, 2.24) is 0 Å². The third-order valence-corrected chi connectivity index (χ3v) is 3.09. The van der Waals surface area contributed by atoms with Gasteiger partial charge in [-0.15, -0.1) is 5.23 Å². The van der Waals surface area contributed by atoms with Crippen LogP contribution in [-0.2, 0) is 0 Å².